The molecule has 3 aromatic carbocycles. The minimum absolute atomic E-state index is 0.0535. The highest BCUT2D eigenvalue weighted by molar-refractivity contribution is 5.90. The number of carbonyl (C=O) groups is 2. The number of nitro benzene ring substituents is 1. The van der Waals surface area contributed by atoms with Crippen molar-refractivity contribution in [3.05, 3.63) is 92.9 Å². The number of carbonyl (C=O) groups excluding carboxylic acids is 2. The molecule has 0 saturated carbocycles. The molecule has 38 heavy (non-hydrogen) atoms. The number of ether oxygens (including phenoxy) is 1. The number of alkyl halides is 2. The Morgan fingerprint density at radius 2 is 1.66 bits per heavy atom. The molecule has 1 saturated heterocycles. The first-order valence-corrected chi connectivity index (χ1v) is 11.1. The fourth-order valence-electron chi connectivity index (χ4n) is 3.69. The minimum atomic E-state index is -3.20. The normalized spacial score (nSPS) is 14.8. The molecule has 1 fully saturated rings. The highest BCUT2D eigenvalue weighted by atomic mass is 19.3. The van der Waals surface area contributed by atoms with Crippen molar-refractivity contribution in [1.29, 1.82) is 0 Å². The Morgan fingerprint density at radius 1 is 1.03 bits per heavy atom. The van der Waals surface area contributed by atoms with Crippen LogP contribution in [0.5, 0.6) is 0 Å². The van der Waals surface area contributed by atoms with E-state index in [0.29, 0.717) is 11.1 Å². The van der Waals surface area contributed by atoms with E-state index >= 15 is 0 Å². The number of rotatable bonds is 8. The summed E-state index contributed by atoms with van der Waals surface area (Å²) in [6.45, 7) is -0.425. The van der Waals surface area contributed by atoms with Crippen LogP contribution in [0.25, 0.3) is 11.1 Å². The number of cyclic esters (lactones) is 1. The third kappa shape index (κ3) is 5.88. The molecule has 0 unspecified atom stereocenters. The third-order valence-electron chi connectivity index (χ3n) is 5.63. The fourth-order valence-corrected chi connectivity index (χ4v) is 3.69. The van der Waals surface area contributed by atoms with E-state index in [-0.39, 0.29) is 35.8 Å². The third-order valence-corrected chi connectivity index (χ3v) is 5.63. The summed E-state index contributed by atoms with van der Waals surface area (Å²) in [6, 6.07) is 15.4. The number of halogens is 3. The Morgan fingerprint density at radius 3 is 2.29 bits per heavy atom. The smallest absolute Gasteiger partial charge is 0.414 e. The van der Waals surface area contributed by atoms with Crippen LogP contribution < -0.4 is 21.0 Å². The van der Waals surface area contributed by atoms with Crippen LogP contribution in [-0.4, -0.2) is 42.5 Å². The van der Waals surface area contributed by atoms with Crippen molar-refractivity contribution in [2.75, 3.05) is 23.3 Å². The van der Waals surface area contributed by atoms with Gasteiger partial charge in [0.2, 0.25) is 5.43 Å². The summed E-state index contributed by atoms with van der Waals surface area (Å²) in [6.07, 6.45) is -4.94. The number of nitrogens with one attached hydrogen (secondary N) is 2. The molecule has 10 nitrogen and oxygen atoms in total. The summed E-state index contributed by atoms with van der Waals surface area (Å²) in [7, 11) is 0. The molecule has 0 bridgehead atoms. The monoisotopic (exact) mass is 528 g/mol. The predicted molar refractivity (Wildman–Crippen MR) is 131 cm³/mol. The minimum Gasteiger partial charge on any atom is -0.442 e. The van der Waals surface area contributed by atoms with Crippen LogP contribution in [0.4, 0.5) is 40.7 Å². The van der Waals surface area contributed by atoms with Crippen molar-refractivity contribution in [1.82, 2.24) is 5.32 Å². The number of hydrogen-bond acceptors (Lipinski definition) is 7. The van der Waals surface area contributed by atoms with Gasteiger partial charge in [-0.2, -0.15) is 8.78 Å². The Labute approximate surface area is 212 Å². The summed E-state index contributed by atoms with van der Waals surface area (Å²) in [5.41, 5.74) is 0.851. The molecule has 0 aliphatic carbocycles. The van der Waals surface area contributed by atoms with Gasteiger partial charge in [-0.05, 0) is 53.6 Å². The van der Waals surface area contributed by atoms with Crippen molar-refractivity contribution in [3.63, 3.8) is 0 Å². The first-order valence-electron chi connectivity index (χ1n) is 11.1. The maximum absolute atomic E-state index is 14.9. The highest BCUT2D eigenvalue weighted by Crippen LogP contribution is 2.28. The second kappa shape index (κ2) is 11.0. The first kappa shape index (κ1) is 26.1. The Balaban J connectivity index is 1.47. The molecule has 196 valence electrons. The summed E-state index contributed by atoms with van der Waals surface area (Å²) in [5, 5.41) is 15.5. The zero-order chi connectivity index (χ0) is 27.4. The number of non-ortho nitro benzene ring substituents is 1. The van der Waals surface area contributed by atoms with Crippen molar-refractivity contribution >= 4 is 34.7 Å². The van der Waals surface area contributed by atoms with Crippen LogP contribution in [0.3, 0.4) is 0 Å². The quantitative estimate of drug-likeness (QED) is 0.331. The Kier molecular flexibility index (Phi) is 7.55. The maximum atomic E-state index is 14.9. The molecule has 1 aliphatic heterocycles. The Hall–Kier alpha value is -4.94. The van der Waals surface area contributed by atoms with E-state index < -0.39 is 40.7 Å². The molecule has 2 N–H and O–H groups in total. The molecule has 1 heterocycles. The van der Waals surface area contributed by atoms with E-state index in [0.717, 1.165) is 11.0 Å². The average molecular weight is 528 g/mol. The van der Waals surface area contributed by atoms with Gasteiger partial charge in [-0.25, -0.2) is 9.18 Å². The first-order chi connectivity index (χ1) is 18.1. The van der Waals surface area contributed by atoms with Crippen LogP contribution in [0.15, 0.2) is 71.5 Å². The number of nitrogens with zero attached hydrogens (tertiary/aromatic N) is 2. The van der Waals surface area contributed by atoms with Gasteiger partial charge < -0.3 is 15.4 Å². The van der Waals surface area contributed by atoms with Crippen molar-refractivity contribution in [2.45, 2.75) is 12.5 Å². The summed E-state index contributed by atoms with van der Waals surface area (Å²) in [5.74, 6) is -2.28. The van der Waals surface area contributed by atoms with Gasteiger partial charge in [0.05, 0.1) is 35.1 Å². The topological polar surface area (TPSA) is 131 Å². The lowest BCUT2D eigenvalue weighted by Crippen LogP contribution is -2.37. The second-order valence-electron chi connectivity index (χ2n) is 8.16. The van der Waals surface area contributed by atoms with E-state index in [2.05, 4.69) is 5.32 Å². The summed E-state index contributed by atoms with van der Waals surface area (Å²) in [4.78, 5) is 47.1. The van der Waals surface area contributed by atoms with Crippen LogP contribution in [0.2, 0.25) is 0 Å². The van der Waals surface area contributed by atoms with Gasteiger partial charge in [-0.3, -0.25) is 24.6 Å². The fraction of sp³-hybridized carbons (Fsp3) is 0.160. The van der Waals surface area contributed by atoms with E-state index in [9.17, 15) is 37.7 Å². The molecule has 0 spiro atoms. The summed E-state index contributed by atoms with van der Waals surface area (Å²) < 4.78 is 44.6. The molecule has 13 heteroatoms. The molecular formula is C25H19F3N4O6. The lowest BCUT2D eigenvalue weighted by molar-refractivity contribution is -0.384. The molecule has 4 rings (SSSR count). The van der Waals surface area contributed by atoms with Crippen LogP contribution in [0, 0.1) is 15.9 Å². The maximum Gasteiger partial charge on any atom is 0.414 e. The number of nitro groups is 1. The lowest BCUT2D eigenvalue weighted by atomic mass is 10.1. The zero-order valence-corrected chi connectivity index (χ0v) is 19.4. The van der Waals surface area contributed by atoms with Crippen LogP contribution in [-0.2, 0) is 9.53 Å². The Bertz CT molecular complexity index is 1450. The molecule has 3 aromatic rings. The van der Waals surface area contributed by atoms with Gasteiger partial charge in [0.15, 0.2) is 0 Å². The largest absolute Gasteiger partial charge is 0.442 e. The number of amides is 2. The van der Waals surface area contributed by atoms with Crippen LogP contribution in [0.1, 0.15) is 0 Å². The molecule has 0 aromatic heterocycles. The average Bonchev–Trinajstić information content (AvgIpc) is 3.17. The van der Waals surface area contributed by atoms with Crippen molar-refractivity contribution in [3.8, 4) is 11.1 Å². The number of benzene rings is 2. The lowest BCUT2D eigenvalue weighted by Gasteiger charge is -2.15. The van der Waals surface area contributed by atoms with Gasteiger partial charge in [-0.1, -0.05) is 12.1 Å². The zero-order valence-electron chi connectivity index (χ0n) is 19.4. The predicted octanol–water partition coefficient (Wildman–Crippen LogP) is 4.21. The van der Waals surface area contributed by atoms with Crippen molar-refractivity contribution in [2.24, 2.45) is 0 Å². The number of anilines is 3. The van der Waals surface area contributed by atoms with Gasteiger partial charge in [-0.15, -0.1) is 0 Å². The molecule has 1 aliphatic rings. The van der Waals surface area contributed by atoms with Gasteiger partial charge in [0.1, 0.15) is 11.9 Å². The molecule has 1 atom stereocenters. The van der Waals surface area contributed by atoms with Gasteiger partial charge in [0.25, 0.3) is 11.6 Å². The van der Waals surface area contributed by atoms with E-state index in [4.69, 9.17) is 4.74 Å². The van der Waals surface area contributed by atoms with Gasteiger partial charge in [0, 0.05) is 12.1 Å². The molecule has 0 radical (unpaired) electrons. The van der Waals surface area contributed by atoms with E-state index in [1.807, 2.05) is 5.32 Å². The van der Waals surface area contributed by atoms with E-state index in [1.165, 1.54) is 42.5 Å². The summed E-state index contributed by atoms with van der Waals surface area (Å²) >= 11 is 0. The highest BCUT2D eigenvalue weighted by Gasteiger charge is 2.33. The van der Waals surface area contributed by atoms with Crippen molar-refractivity contribution < 1.29 is 32.4 Å². The molecule has 2 amide bonds. The van der Waals surface area contributed by atoms with E-state index in [1.54, 1.807) is 18.2 Å². The SMILES string of the molecule is O=C(NC[C@H]1CN(c2ccc(Nc3ccc(-c4ccc([N+](=O)[O-])cc4)ccc3=O)c(F)c2)C(=O)O1)C(F)F. The molecular weight excluding hydrogens is 509 g/mol. The van der Waals surface area contributed by atoms with Gasteiger partial charge >= 0.3 is 12.5 Å². The standard InChI is InChI=1S/C25H19F3N4O6/c26-19-11-17(31-13-18(38-25(31)35)12-29-24(34)23(27)28)7-9-20(19)30-21-8-3-15(4-10-22(21)33)14-1-5-16(6-2-14)32(36)37/h1-11,18,23H,12-13H2,(H,29,34)(H,30,33)/t18-/m0/s1. The number of hydrogen-bond donors (Lipinski definition) is 2. The second-order valence-corrected chi connectivity index (χ2v) is 8.16. The van der Waals surface area contributed by atoms with Crippen LogP contribution >= 0.6 is 0 Å².